The highest BCUT2D eigenvalue weighted by molar-refractivity contribution is 5.14. The highest BCUT2D eigenvalue weighted by Gasteiger charge is 2.06. The van der Waals surface area contributed by atoms with Crippen LogP contribution in [0.4, 0.5) is 0 Å². The third-order valence-electron chi connectivity index (χ3n) is 1.90. The van der Waals surface area contributed by atoms with Crippen LogP contribution in [-0.4, -0.2) is 6.54 Å². The molecule has 0 unspecified atom stereocenters. The minimum absolute atomic E-state index is 0.514. The lowest BCUT2D eigenvalue weighted by atomic mass is 10.1. The van der Waals surface area contributed by atoms with Crippen LogP contribution in [0, 0.1) is 12.8 Å². The fourth-order valence-electron chi connectivity index (χ4n) is 1.01. The zero-order valence-corrected chi connectivity index (χ0v) is 7.13. The Morgan fingerprint density at radius 2 is 2.36 bits per heavy atom. The van der Waals surface area contributed by atoms with E-state index in [4.69, 9.17) is 10.2 Å². The molecule has 1 aromatic heterocycles. The fourth-order valence-corrected chi connectivity index (χ4v) is 1.01. The van der Waals surface area contributed by atoms with Gasteiger partial charge in [0.15, 0.2) is 0 Å². The molecule has 0 aromatic carbocycles. The maximum atomic E-state index is 5.50. The average Bonchev–Trinajstić information content (AvgIpc) is 2.37. The number of rotatable bonds is 3. The van der Waals surface area contributed by atoms with Crippen LogP contribution in [0.1, 0.15) is 18.2 Å². The summed E-state index contributed by atoms with van der Waals surface area (Å²) in [6, 6.07) is 1.98. The first-order chi connectivity index (χ1) is 5.24. The standard InChI is InChI=1S/C9H15NO/c1-7(6-10)5-9-8(2)3-4-11-9/h3-4,7H,5-6,10H2,1-2H3/t7-/m0/s1. The highest BCUT2D eigenvalue weighted by atomic mass is 16.3. The summed E-state index contributed by atoms with van der Waals surface area (Å²) in [6.07, 6.45) is 2.68. The Labute approximate surface area is 67.4 Å². The van der Waals surface area contributed by atoms with Crippen LogP contribution in [-0.2, 0) is 6.42 Å². The summed E-state index contributed by atoms with van der Waals surface area (Å²) >= 11 is 0. The van der Waals surface area contributed by atoms with Crippen LogP contribution in [0.25, 0.3) is 0 Å². The van der Waals surface area contributed by atoms with Gasteiger partial charge < -0.3 is 10.2 Å². The van der Waals surface area contributed by atoms with Gasteiger partial charge in [-0.2, -0.15) is 0 Å². The topological polar surface area (TPSA) is 39.2 Å². The first-order valence-electron chi connectivity index (χ1n) is 3.97. The lowest BCUT2D eigenvalue weighted by Crippen LogP contribution is -2.13. The van der Waals surface area contributed by atoms with Crippen LogP contribution >= 0.6 is 0 Å². The molecule has 0 amide bonds. The maximum absolute atomic E-state index is 5.50. The molecule has 1 atom stereocenters. The van der Waals surface area contributed by atoms with Crippen molar-refractivity contribution in [2.24, 2.45) is 11.7 Å². The monoisotopic (exact) mass is 153 g/mol. The third kappa shape index (κ3) is 2.09. The van der Waals surface area contributed by atoms with E-state index in [1.165, 1.54) is 5.56 Å². The van der Waals surface area contributed by atoms with Gasteiger partial charge in [-0.3, -0.25) is 0 Å². The molecule has 0 bridgehead atoms. The maximum Gasteiger partial charge on any atom is 0.106 e. The van der Waals surface area contributed by atoms with E-state index in [-0.39, 0.29) is 0 Å². The molecule has 0 spiro atoms. The van der Waals surface area contributed by atoms with Gasteiger partial charge in [-0.1, -0.05) is 6.92 Å². The molecule has 0 aliphatic heterocycles. The predicted octanol–water partition coefficient (Wildman–Crippen LogP) is 1.73. The molecule has 0 aliphatic rings. The summed E-state index contributed by atoms with van der Waals surface area (Å²) in [6.45, 7) is 4.91. The van der Waals surface area contributed by atoms with Crippen molar-refractivity contribution in [1.82, 2.24) is 0 Å². The number of furan rings is 1. The summed E-state index contributed by atoms with van der Waals surface area (Å²) in [5, 5.41) is 0. The van der Waals surface area contributed by atoms with E-state index in [0.717, 1.165) is 18.7 Å². The van der Waals surface area contributed by atoms with Crippen molar-refractivity contribution < 1.29 is 4.42 Å². The average molecular weight is 153 g/mol. The van der Waals surface area contributed by atoms with E-state index >= 15 is 0 Å². The predicted molar refractivity (Wildman–Crippen MR) is 45.4 cm³/mol. The highest BCUT2D eigenvalue weighted by Crippen LogP contribution is 2.13. The third-order valence-corrected chi connectivity index (χ3v) is 1.90. The van der Waals surface area contributed by atoms with Crippen molar-refractivity contribution in [2.75, 3.05) is 6.54 Å². The quantitative estimate of drug-likeness (QED) is 0.718. The lowest BCUT2D eigenvalue weighted by Gasteiger charge is -2.05. The molecule has 0 fully saturated rings. The van der Waals surface area contributed by atoms with Gasteiger partial charge in [-0.05, 0) is 31.0 Å². The van der Waals surface area contributed by atoms with Gasteiger partial charge in [0.25, 0.3) is 0 Å². The number of aryl methyl sites for hydroxylation is 1. The van der Waals surface area contributed by atoms with E-state index in [1.54, 1.807) is 6.26 Å². The molecule has 2 N–H and O–H groups in total. The molecule has 0 saturated carbocycles. The van der Waals surface area contributed by atoms with Gasteiger partial charge in [0.1, 0.15) is 5.76 Å². The van der Waals surface area contributed by atoms with Crippen molar-refractivity contribution in [3.05, 3.63) is 23.7 Å². The molecule has 62 valence electrons. The number of nitrogens with two attached hydrogens (primary N) is 1. The zero-order valence-electron chi connectivity index (χ0n) is 7.13. The van der Waals surface area contributed by atoms with E-state index in [0.29, 0.717) is 5.92 Å². The van der Waals surface area contributed by atoms with Crippen LogP contribution in [0.3, 0.4) is 0 Å². The van der Waals surface area contributed by atoms with Gasteiger partial charge >= 0.3 is 0 Å². The Morgan fingerprint density at radius 3 is 2.82 bits per heavy atom. The van der Waals surface area contributed by atoms with Crippen molar-refractivity contribution in [3.8, 4) is 0 Å². The largest absolute Gasteiger partial charge is 0.469 e. The summed E-state index contributed by atoms with van der Waals surface area (Å²) in [4.78, 5) is 0. The molecule has 0 aliphatic carbocycles. The molecule has 1 aromatic rings. The molecule has 0 radical (unpaired) electrons. The molecule has 1 heterocycles. The minimum atomic E-state index is 0.514. The molecule has 0 saturated heterocycles. The van der Waals surface area contributed by atoms with E-state index in [2.05, 4.69) is 13.8 Å². The molecular weight excluding hydrogens is 138 g/mol. The normalized spacial score (nSPS) is 13.4. The number of hydrogen-bond acceptors (Lipinski definition) is 2. The Bertz CT molecular complexity index is 217. The van der Waals surface area contributed by atoms with Gasteiger partial charge in [0, 0.05) is 6.42 Å². The zero-order chi connectivity index (χ0) is 8.27. The van der Waals surface area contributed by atoms with Gasteiger partial charge in [0.2, 0.25) is 0 Å². The fraction of sp³-hybridized carbons (Fsp3) is 0.556. The van der Waals surface area contributed by atoms with Crippen molar-refractivity contribution in [2.45, 2.75) is 20.3 Å². The van der Waals surface area contributed by atoms with Crippen LogP contribution < -0.4 is 5.73 Å². The molecule has 1 rings (SSSR count). The van der Waals surface area contributed by atoms with Crippen LogP contribution in [0.5, 0.6) is 0 Å². The molecule has 2 nitrogen and oxygen atoms in total. The van der Waals surface area contributed by atoms with Crippen molar-refractivity contribution in [3.63, 3.8) is 0 Å². The van der Waals surface area contributed by atoms with E-state index in [1.807, 2.05) is 6.07 Å². The number of hydrogen-bond donors (Lipinski definition) is 1. The Hall–Kier alpha value is -0.760. The Morgan fingerprint density at radius 1 is 1.64 bits per heavy atom. The van der Waals surface area contributed by atoms with E-state index in [9.17, 15) is 0 Å². The first kappa shape index (κ1) is 8.34. The summed E-state index contributed by atoms with van der Waals surface area (Å²) in [5.74, 6) is 1.59. The second-order valence-electron chi connectivity index (χ2n) is 3.07. The SMILES string of the molecule is Cc1ccoc1C[C@H](C)CN. The molecule has 11 heavy (non-hydrogen) atoms. The first-order valence-corrected chi connectivity index (χ1v) is 3.97. The van der Waals surface area contributed by atoms with Crippen LogP contribution in [0.2, 0.25) is 0 Å². The minimum Gasteiger partial charge on any atom is -0.469 e. The summed E-state index contributed by atoms with van der Waals surface area (Å²) < 4.78 is 5.28. The Kier molecular flexibility index (Phi) is 2.71. The second kappa shape index (κ2) is 3.58. The van der Waals surface area contributed by atoms with Crippen LogP contribution in [0.15, 0.2) is 16.7 Å². The van der Waals surface area contributed by atoms with Gasteiger partial charge in [-0.25, -0.2) is 0 Å². The summed E-state index contributed by atoms with van der Waals surface area (Å²) in [7, 11) is 0. The Balaban J connectivity index is 2.56. The van der Waals surface area contributed by atoms with E-state index < -0.39 is 0 Å². The second-order valence-corrected chi connectivity index (χ2v) is 3.07. The van der Waals surface area contributed by atoms with Gasteiger partial charge in [-0.15, -0.1) is 0 Å². The molecule has 2 heteroatoms. The van der Waals surface area contributed by atoms with Gasteiger partial charge in [0.05, 0.1) is 6.26 Å². The summed E-state index contributed by atoms with van der Waals surface area (Å²) in [5.41, 5.74) is 6.72. The lowest BCUT2D eigenvalue weighted by molar-refractivity contribution is 0.458. The molecular formula is C9H15NO. The smallest absolute Gasteiger partial charge is 0.106 e. The van der Waals surface area contributed by atoms with Crippen molar-refractivity contribution >= 4 is 0 Å². The van der Waals surface area contributed by atoms with Crippen molar-refractivity contribution in [1.29, 1.82) is 0 Å².